The molecule has 8 heteroatoms. The number of likely N-dealkylation sites (tertiary alicyclic amines) is 1. The van der Waals surface area contributed by atoms with Crippen molar-refractivity contribution >= 4 is 35.1 Å². The first-order valence-electron chi connectivity index (χ1n) is 10.6. The van der Waals surface area contributed by atoms with Crippen molar-refractivity contribution in [2.45, 2.75) is 62.0 Å². The van der Waals surface area contributed by atoms with Crippen LogP contribution >= 0.6 is 23.2 Å². The molecular formula is C22H24Cl2FNO4. The summed E-state index contributed by atoms with van der Waals surface area (Å²) in [4.78, 5) is 25.2. The van der Waals surface area contributed by atoms with Crippen molar-refractivity contribution in [2.24, 2.45) is 17.8 Å². The molecule has 30 heavy (non-hydrogen) atoms. The number of carbonyl (C=O) groups is 2. The van der Waals surface area contributed by atoms with E-state index < -0.39 is 23.7 Å². The molecule has 162 valence electrons. The Bertz CT molecular complexity index is 893. The molecule has 1 aliphatic heterocycles. The molecular weight excluding hydrogens is 432 g/mol. The number of hydrogen-bond acceptors (Lipinski definition) is 3. The van der Waals surface area contributed by atoms with E-state index in [2.05, 4.69) is 0 Å². The second-order valence-corrected chi connectivity index (χ2v) is 10.7. The standard InChI is InChI=1S/C22H24Cl2FNO4/c23-15-6-14(20(27)26-3-1-2-17(26)21(28)29)16(25)7-18(15)30-19-12-4-11-5-13(19)10-22(24,8-11)9-12/h6-7,11-13,17,19H,1-5,8-10H2,(H,28,29)/t11-,12+,13-,17?,19?,22-. The quantitative estimate of drug-likeness (QED) is 0.666. The Morgan fingerprint density at radius 3 is 2.53 bits per heavy atom. The third kappa shape index (κ3) is 3.36. The van der Waals surface area contributed by atoms with Gasteiger partial charge in [0.2, 0.25) is 0 Å². The van der Waals surface area contributed by atoms with E-state index in [9.17, 15) is 19.1 Å². The Labute approximate surface area is 184 Å². The minimum atomic E-state index is -1.08. The van der Waals surface area contributed by atoms with Gasteiger partial charge in [0, 0.05) is 17.5 Å². The molecule has 5 nitrogen and oxygen atoms in total. The van der Waals surface area contributed by atoms with Crippen LogP contribution in [0.25, 0.3) is 0 Å². The smallest absolute Gasteiger partial charge is 0.326 e. The summed E-state index contributed by atoms with van der Waals surface area (Å²) in [6, 6.07) is 1.51. The number of carboxylic acid groups (broad SMARTS) is 1. The second kappa shape index (κ2) is 7.27. The molecule has 2 unspecified atom stereocenters. The van der Waals surface area contributed by atoms with E-state index >= 15 is 0 Å². The van der Waals surface area contributed by atoms with E-state index in [1.165, 1.54) is 17.0 Å². The summed E-state index contributed by atoms with van der Waals surface area (Å²) in [5.74, 6) is -0.896. The van der Waals surface area contributed by atoms with Gasteiger partial charge in [-0.2, -0.15) is 0 Å². The molecule has 1 aromatic rings. The SMILES string of the molecule is O=C(O)C1CCCN1C(=O)c1cc(Cl)c(OC2[C@@H]3C[C@H]4C[C@H]2C[C@](Cl)(C4)C3)cc1F. The minimum absolute atomic E-state index is 0.0400. The van der Waals surface area contributed by atoms with Crippen LogP contribution in [0.5, 0.6) is 5.75 Å². The van der Waals surface area contributed by atoms with Crippen molar-refractivity contribution < 1.29 is 23.8 Å². The number of hydrogen-bond donors (Lipinski definition) is 1. The van der Waals surface area contributed by atoms with E-state index in [0.29, 0.717) is 30.6 Å². The highest BCUT2D eigenvalue weighted by molar-refractivity contribution is 6.32. The maximum Gasteiger partial charge on any atom is 0.326 e. The number of benzene rings is 1. The van der Waals surface area contributed by atoms with E-state index in [4.69, 9.17) is 27.9 Å². The predicted octanol–water partition coefficient (Wildman–Crippen LogP) is 4.73. The summed E-state index contributed by atoms with van der Waals surface area (Å²) < 4.78 is 21.1. The van der Waals surface area contributed by atoms with Crippen LogP contribution in [0.4, 0.5) is 4.39 Å². The van der Waals surface area contributed by atoms with Gasteiger partial charge in [-0.3, -0.25) is 4.79 Å². The third-order valence-corrected chi connectivity index (χ3v) is 8.18. The van der Waals surface area contributed by atoms with Crippen molar-refractivity contribution in [1.82, 2.24) is 4.90 Å². The summed E-state index contributed by atoms with van der Waals surface area (Å²) in [5, 5.41) is 9.47. The lowest BCUT2D eigenvalue weighted by Crippen LogP contribution is -2.56. The van der Waals surface area contributed by atoms with Gasteiger partial charge in [-0.25, -0.2) is 9.18 Å². The molecule has 1 heterocycles. The highest BCUT2D eigenvalue weighted by atomic mass is 35.5. The molecule has 1 N–H and O–H groups in total. The average molecular weight is 456 g/mol. The topological polar surface area (TPSA) is 66.8 Å². The van der Waals surface area contributed by atoms with Crippen molar-refractivity contribution in [1.29, 1.82) is 0 Å². The Hall–Kier alpha value is -1.53. The van der Waals surface area contributed by atoms with Crippen LogP contribution in [0, 0.1) is 23.6 Å². The fraction of sp³-hybridized carbons (Fsp3) is 0.636. The fourth-order valence-corrected chi connectivity index (χ4v) is 7.24. The van der Waals surface area contributed by atoms with Crippen LogP contribution in [0.3, 0.4) is 0 Å². The molecule has 4 bridgehead atoms. The monoisotopic (exact) mass is 455 g/mol. The molecule has 0 spiro atoms. The highest BCUT2D eigenvalue weighted by Gasteiger charge is 2.55. The van der Waals surface area contributed by atoms with Crippen molar-refractivity contribution in [3.05, 3.63) is 28.5 Å². The molecule has 6 atom stereocenters. The Kier molecular flexibility index (Phi) is 4.93. The first-order valence-corrected chi connectivity index (χ1v) is 11.4. The number of amides is 1. The summed E-state index contributed by atoms with van der Waals surface area (Å²) >= 11 is 13.2. The van der Waals surface area contributed by atoms with Crippen LogP contribution in [0.15, 0.2) is 12.1 Å². The van der Waals surface area contributed by atoms with E-state index in [1.54, 1.807) is 0 Å². The van der Waals surface area contributed by atoms with Crippen LogP contribution in [-0.2, 0) is 4.79 Å². The largest absolute Gasteiger partial charge is 0.488 e. The van der Waals surface area contributed by atoms with Crippen LogP contribution in [0.2, 0.25) is 5.02 Å². The highest BCUT2D eigenvalue weighted by Crippen LogP contribution is 2.59. The van der Waals surface area contributed by atoms with Gasteiger partial charge < -0.3 is 14.7 Å². The minimum Gasteiger partial charge on any atom is -0.488 e. The average Bonchev–Trinajstić information content (AvgIpc) is 3.15. The molecule has 4 aliphatic carbocycles. The zero-order valence-electron chi connectivity index (χ0n) is 16.5. The molecule has 5 fully saturated rings. The van der Waals surface area contributed by atoms with Gasteiger partial charge in [0.05, 0.1) is 10.6 Å². The predicted molar refractivity (Wildman–Crippen MR) is 110 cm³/mol. The van der Waals surface area contributed by atoms with Gasteiger partial charge in [-0.1, -0.05) is 11.6 Å². The van der Waals surface area contributed by atoms with Gasteiger partial charge in [0.1, 0.15) is 23.7 Å². The molecule has 1 amide bonds. The molecule has 1 saturated heterocycles. The van der Waals surface area contributed by atoms with Gasteiger partial charge in [0.25, 0.3) is 5.91 Å². The fourth-order valence-electron chi connectivity index (χ4n) is 6.42. The first kappa shape index (κ1) is 20.4. The zero-order valence-corrected chi connectivity index (χ0v) is 18.0. The molecule has 4 saturated carbocycles. The number of carboxylic acids is 1. The molecule has 0 radical (unpaired) electrons. The van der Waals surface area contributed by atoms with Crippen molar-refractivity contribution in [3.63, 3.8) is 0 Å². The molecule has 1 aromatic carbocycles. The maximum atomic E-state index is 14.9. The van der Waals surface area contributed by atoms with Gasteiger partial charge in [-0.05, 0) is 68.8 Å². The summed E-state index contributed by atoms with van der Waals surface area (Å²) in [6.07, 6.45) is 5.96. The summed E-state index contributed by atoms with van der Waals surface area (Å²) in [5.41, 5.74) is -0.217. The second-order valence-electron chi connectivity index (χ2n) is 9.46. The number of halogens is 3. The van der Waals surface area contributed by atoms with Crippen molar-refractivity contribution in [3.8, 4) is 5.75 Å². The zero-order chi connectivity index (χ0) is 21.2. The van der Waals surface area contributed by atoms with Gasteiger partial charge in [-0.15, -0.1) is 11.6 Å². The molecule has 0 aromatic heterocycles. The molecule has 5 aliphatic rings. The van der Waals surface area contributed by atoms with Crippen LogP contribution in [-0.4, -0.2) is 45.4 Å². The number of rotatable bonds is 4. The Morgan fingerprint density at radius 2 is 1.90 bits per heavy atom. The lowest BCUT2D eigenvalue weighted by atomic mass is 9.54. The Balaban J connectivity index is 1.36. The van der Waals surface area contributed by atoms with Crippen LogP contribution in [0.1, 0.15) is 55.3 Å². The molecule has 6 rings (SSSR count). The summed E-state index contributed by atoms with van der Waals surface area (Å²) in [7, 11) is 0. The van der Waals surface area contributed by atoms with Crippen molar-refractivity contribution in [2.75, 3.05) is 6.54 Å². The summed E-state index contributed by atoms with van der Waals surface area (Å²) in [6.45, 7) is 0.290. The van der Waals surface area contributed by atoms with E-state index in [1.807, 2.05) is 0 Å². The number of nitrogens with zero attached hydrogens (tertiary/aromatic N) is 1. The van der Waals surface area contributed by atoms with Crippen LogP contribution < -0.4 is 4.74 Å². The van der Waals surface area contributed by atoms with E-state index in [-0.39, 0.29) is 33.9 Å². The number of ether oxygens (including phenoxy) is 1. The number of alkyl halides is 1. The van der Waals surface area contributed by atoms with Gasteiger partial charge in [0.15, 0.2) is 0 Å². The lowest BCUT2D eigenvalue weighted by molar-refractivity contribution is -0.141. The number of aliphatic carboxylic acids is 1. The van der Waals surface area contributed by atoms with E-state index in [0.717, 1.165) is 32.1 Å². The van der Waals surface area contributed by atoms with Gasteiger partial charge >= 0.3 is 5.97 Å². The third-order valence-electron chi connectivity index (χ3n) is 7.43. The maximum absolute atomic E-state index is 14.9. The normalized spacial score (nSPS) is 36.9. The first-order chi connectivity index (χ1) is 14.2. The Morgan fingerprint density at radius 1 is 1.20 bits per heavy atom. The number of carbonyl (C=O) groups excluding carboxylic acids is 1. The lowest BCUT2D eigenvalue weighted by Gasteiger charge is -2.57.